The molecule has 0 aliphatic carbocycles. The molecule has 0 radical (unpaired) electrons. The Bertz CT molecular complexity index is 782. The van der Waals surface area contributed by atoms with E-state index in [1.807, 2.05) is 6.07 Å². The average Bonchev–Trinajstić information content (AvgIpc) is 2.91. The number of carboxylic acids is 1. The van der Waals surface area contributed by atoms with Crippen LogP contribution in [0.2, 0.25) is 0 Å². The summed E-state index contributed by atoms with van der Waals surface area (Å²) in [5.74, 6) is -0.278. The van der Waals surface area contributed by atoms with Gasteiger partial charge >= 0.3 is 5.97 Å². The number of hydrogen-bond acceptors (Lipinski definition) is 4. The third-order valence-corrected chi connectivity index (χ3v) is 3.85. The molecule has 0 fully saturated rings. The third kappa shape index (κ3) is 2.38. The smallest absolute Gasteiger partial charge is 0.335 e. The van der Waals surface area contributed by atoms with Crippen molar-refractivity contribution in [3.63, 3.8) is 0 Å². The van der Waals surface area contributed by atoms with E-state index in [4.69, 9.17) is 14.6 Å². The van der Waals surface area contributed by atoms with Crippen molar-refractivity contribution in [2.45, 2.75) is 6.54 Å². The molecule has 0 unspecified atom stereocenters. The molecule has 0 saturated heterocycles. The number of aromatic carboxylic acids is 1. The van der Waals surface area contributed by atoms with Gasteiger partial charge in [-0.3, -0.25) is 4.79 Å². The van der Waals surface area contributed by atoms with Gasteiger partial charge in [-0.05, 0) is 35.9 Å². The molecule has 118 valence electrons. The van der Waals surface area contributed by atoms with Gasteiger partial charge in [-0.25, -0.2) is 4.79 Å². The highest BCUT2D eigenvalue weighted by Gasteiger charge is 2.33. The molecule has 2 aromatic rings. The Morgan fingerprint density at radius 3 is 2.35 bits per heavy atom. The Hall–Kier alpha value is -3.02. The fourth-order valence-electron chi connectivity index (χ4n) is 2.70. The molecule has 0 atom stereocenters. The first-order chi connectivity index (χ1) is 11.1. The number of carbonyl (C=O) groups is 2. The maximum atomic E-state index is 12.7. The highest BCUT2D eigenvalue weighted by molar-refractivity contribution is 6.12. The minimum Gasteiger partial charge on any atom is -0.493 e. The largest absolute Gasteiger partial charge is 0.493 e. The van der Waals surface area contributed by atoms with E-state index >= 15 is 0 Å². The zero-order valence-corrected chi connectivity index (χ0v) is 12.7. The van der Waals surface area contributed by atoms with Crippen molar-refractivity contribution in [1.82, 2.24) is 0 Å². The van der Waals surface area contributed by atoms with Crippen LogP contribution in [0.3, 0.4) is 0 Å². The van der Waals surface area contributed by atoms with Crippen molar-refractivity contribution >= 4 is 17.6 Å². The number of nitrogens with zero attached hydrogens (tertiary/aromatic N) is 1. The lowest BCUT2D eigenvalue weighted by molar-refractivity contribution is 0.0696. The molecule has 1 aliphatic heterocycles. The second-order valence-electron chi connectivity index (χ2n) is 5.08. The van der Waals surface area contributed by atoms with Crippen LogP contribution in [0.25, 0.3) is 0 Å². The molecule has 0 aromatic heterocycles. The number of benzene rings is 2. The van der Waals surface area contributed by atoms with Crippen LogP contribution in [0.4, 0.5) is 5.69 Å². The van der Waals surface area contributed by atoms with E-state index < -0.39 is 5.97 Å². The number of methoxy groups -OCH3 is 2. The summed E-state index contributed by atoms with van der Waals surface area (Å²) in [6, 6.07) is 9.80. The van der Waals surface area contributed by atoms with Crippen LogP contribution in [0.15, 0.2) is 36.4 Å². The van der Waals surface area contributed by atoms with Crippen LogP contribution in [0.1, 0.15) is 26.3 Å². The van der Waals surface area contributed by atoms with E-state index in [9.17, 15) is 9.59 Å². The summed E-state index contributed by atoms with van der Waals surface area (Å²) in [4.78, 5) is 25.2. The van der Waals surface area contributed by atoms with E-state index in [-0.39, 0.29) is 11.5 Å². The first-order valence-corrected chi connectivity index (χ1v) is 6.96. The van der Waals surface area contributed by atoms with Gasteiger partial charge in [-0.1, -0.05) is 6.07 Å². The number of carbonyl (C=O) groups excluding carboxylic acids is 1. The highest BCUT2D eigenvalue weighted by atomic mass is 16.5. The van der Waals surface area contributed by atoms with Gasteiger partial charge in [-0.15, -0.1) is 0 Å². The Labute approximate surface area is 132 Å². The van der Waals surface area contributed by atoms with Crippen molar-refractivity contribution < 1.29 is 24.2 Å². The van der Waals surface area contributed by atoms with Crippen LogP contribution in [0, 0.1) is 0 Å². The zero-order chi connectivity index (χ0) is 16.6. The average molecular weight is 313 g/mol. The first kappa shape index (κ1) is 14.9. The van der Waals surface area contributed by atoms with Crippen molar-refractivity contribution in [2.75, 3.05) is 19.1 Å². The molecule has 2 aromatic carbocycles. The van der Waals surface area contributed by atoms with Crippen LogP contribution in [-0.2, 0) is 6.54 Å². The molecule has 1 aliphatic rings. The molecule has 0 saturated carbocycles. The molecule has 6 nitrogen and oxygen atoms in total. The Balaban J connectivity index is 1.99. The van der Waals surface area contributed by atoms with E-state index in [0.717, 1.165) is 5.56 Å². The van der Waals surface area contributed by atoms with Crippen LogP contribution < -0.4 is 14.4 Å². The van der Waals surface area contributed by atoms with Gasteiger partial charge < -0.3 is 19.5 Å². The van der Waals surface area contributed by atoms with Crippen molar-refractivity contribution in [3.05, 3.63) is 53.1 Å². The lowest BCUT2D eigenvalue weighted by atomic mass is 10.1. The van der Waals surface area contributed by atoms with Crippen LogP contribution >= 0.6 is 0 Å². The molecule has 23 heavy (non-hydrogen) atoms. The Kier molecular flexibility index (Phi) is 3.65. The predicted molar refractivity (Wildman–Crippen MR) is 83.5 cm³/mol. The summed E-state index contributed by atoms with van der Waals surface area (Å²) in [6.45, 7) is 0.404. The third-order valence-electron chi connectivity index (χ3n) is 3.85. The minimum absolute atomic E-state index is 0.178. The van der Waals surface area contributed by atoms with Gasteiger partial charge in [-0.2, -0.15) is 0 Å². The quantitative estimate of drug-likeness (QED) is 0.939. The number of fused-ring (bicyclic) bond motifs is 1. The fourth-order valence-corrected chi connectivity index (χ4v) is 2.70. The Morgan fingerprint density at radius 2 is 1.78 bits per heavy atom. The van der Waals surface area contributed by atoms with E-state index in [1.54, 1.807) is 23.1 Å². The topological polar surface area (TPSA) is 76.1 Å². The number of amides is 1. The number of rotatable bonds is 4. The maximum absolute atomic E-state index is 12.7. The molecular weight excluding hydrogens is 298 g/mol. The Morgan fingerprint density at radius 1 is 1.09 bits per heavy atom. The van der Waals surface area contributed by atoms with Gasteiger partial charge in [0.05, 0.1) is 31.9 Å². The molecule has 6 heteroatoms. The summed E-state index contributed by atoms with van der Waals surface area (Å²) < 4.78 is 10.6. The predicted octanol–water partition coefficient (Wildman–Crippen LogP) is 2.56. The summed E-state index contributed by atoms with van der Waals surface area (Å²) in [5.41, 5.74) is 2.14. The van der Waals surface area contributed by atoms with Crippen LogP contribution in [0.5, 0.6) is 11.5 Å². The molecular formula is C17H15NO5. The van der Waals surface area contributed by atoms with Crippen molar-refractivity contribution in [2.24, 2.45) is 0 Å². The van der Waals surface area contributed by atoms with E-state index in [2.05, 4.69) is 0 Å². The zero-order valence-electron chi connectivity index (χ0n) is 12.7. The summed E-state index contributed by atoms with van der Waals surface area (Å²) in [5, 5.41) is 8.95. The molecule has 1 amide bonds. The molecule has 0 spiro atoms. The van der Waals surface area contributed by atoms with Gasteiger partial charge in [0.1, 0.15) is 0 Å². The summed E-state index contributed by atoms with van der Waals surface area (Å²) in [6.07, 6.45) is 0. The van der Waals surface area contributed by atoms with Gasteiger partial charge in [0, 0.05) is 5.69 Å². The molecule has 0 bridgehead atoms. The summed E-state index contributed by atoms with van der Waals surface area (Å²) in [7, 11) is 3.02. The lowest BCUT2D eigenvalue weighted by Crippen LogP contribution is -2.23. The monoisotopic (exact) mass is 313 g/mol. The molecule has 3 rings (SSSR count). The second-order valence-corrected chi connectivity index (χ2v) is 5.08. The fraction of sp³-hybridized carbons (Fsp3) is 0.176. The van der Waals surface area contributed by atoms with Gasteiger partial charge in [0.15, 0.2) is 11.5 Å². The SMILES string of the molecule is COc1ccc2c(c1OC)C(=O)N(c1ccc(C(=O)O)cc1)C2. The van der Waals surface area contributed by atoms with Crippen molar-refractivity contribution in [3.8, 4) is 11.5 Å². The normalized spacial score (nSPS) is 13.0. The molecule has 1 N–H and O–H groups in total. The number of anilines is 1. The van der Waals surface area contributed by atoms with E-state index in [0.29, 0.717) is 29.3 Å². The lowest BCUT2D eigenvalue weighted by Gasteiger charge is -2.16. The summed E-state index contributed by atoms with van der Waals surface area (Å²) >= 11 is 0. The number of carboxylic acid groups (broad SMARTS) is 1. The van der Waals surface area contributed by atoms with Gasteiger partial charge in [0.2, 0.25) is 0 Å². The van der Waals surface area contributed by atoms with Crippen LogP contribution in [-0.4, -0.2) is 31.2 Å². The molecule has 1 heterocycles. The first-order valence-electron chi connectivity index (χ1n) is 6.96. The number of hydrogen-bond donors (Lipinski definition) is 1. The number of ether oxygens (including phenoxy) is 2. The van der Waals surface area contributed by atoms with Crippen molar-refractivity contribution in [1.29, 1.82) is 0 Å². The van der Waals surface area contributed by atoms with E-state index in [1.165, 1.54) is 26.4 Å². The minimum atomic E-state index is -1.00. The maximum Gasteiger partial charge on any atom is 0.335 e. The standard InChI is InChI=1S/C17H15NO5/c1-22-13-8-5-11-9-18(16(19)14(11)15(13)23-2)12-6-3-10(4-7-12)17(20)21/h3-8H,9H2,1-2H3,(H,20,21). The van der Waals surface area contributed by atoms with Gasteiger partial charge in [0.25, 0.3) is 5.91 Å². The second kappa shape index (κ2) is 5.64. The highest BCUT2D eigenvalue weighted by Crippen LogP contribution is 2.39.